The zero-order chi connectivity index (χ0) is 21.7. The van der Waals surface area contributed by atoms with Gasteiger partial charge in [0.15, 0.2) is 0 Å². The summed E-state index contributed by atoms with van der Waals surface area (Å²) in [4.78, 5) is 15.4. The molecule has 6 nitrogen and oxygen atoms in total. The number of amides is 1. The van der Waals surface area contributed by atoms with E-state index < -0.39 is 10.0 Å². The Morgan fingerprint density at radius 3 is 2.40 bits per heavy atom. The molecule has 1 fully saturated rings. The van der Waals surface area contributed by atoms with Crippen molar-refractivity contribution in [1.82, 2.24) is 9.62 Å². The first-order chi connectivity index (χ1) is 14.4. The van der Waals surface area contributed by atoms with E-state index in [1.54, 1.807) is 19.1 Å². The summed E-state index contributed by atoms with van der Waals surface area (Å²) in [6, 6.07) is 13.0. The summed E-state index contributed by atoms with van der Waals surface area (Å²) < 4.78 is 27.3. The second kappa shape index (κ2) is 9.62. The largest absolute Gasteiger partial charge is 0.371 e. The standard InChI is InChI=1S/C23H31N3O3S/c1-4-26(5-2)30(28,29)22-16-19(13-12-18(22)3)23(27)24-17-20-10-6-7-11-21(20)25-14-8-9-15-25/h6-7,10-13,16H,4-5,8-9,14-15,17H2,1-3H3,(H,24,27). The van der Waals surface area contributed by atoms with Crippen LogP contribution in [0.4, 0.5) is 5.69 Å². The highest BCUT2D eigenvalue weighted by Gasteiger charge is 2.25. The fraction of sp³-hybridized carbons (Fsp3) is 0.435. The maximum absolute atomic E-state index is 12.9. The van der Waals surface area contributed by atoms with Gasteiger partial charge in [-0.2, -0.15) is 4.31 Å². The molecule has 0 saturated carbocycles. The molecular formula is C23H31N3O3S. The number of anilines is 1. The first-order valence-corrected chi connectivity index (χ1v) is 12.0. The van der Waals surface area contributed by atoms with E-state index in [0.29, 0.717) is 30.8 Å². The van der Waals surface area contributed by atoms with E-state index in [9.17, 15) is 13.2 Å². The van der Waals surface area contributed by atoms with Crippen molar-refractivity contribution < 1.29 is 13.2 Å². The minimum absolute atomic E-state index is 0.191. The Labute approximate surface area is 179 Å². The van der Waals surface area contributed by atoms with Gasteiger partial charge in [0.2, 0.25) is 10.0 Å². The summed E-state index contributed by atoms with van der Waals surface area (Å²) in [5.41, 5.74) is 3.21. The minimum Gasteiger partial charge on any atom is -0.371 e. The van der Waals surface area contributed by atoms with Gasteiger partial charge >= 0.3 is 0 Å². The van der Waals surface area contributed by atoms with Crippen molar-refractivity contribution in [3.05, 3.63) is 59.2 Å². The maximum Gasteiger partial charge on any atom is 0.251 e. The quantitative estimate of drug-likeness (QED) is 0.697. The number of hydrogen-bond donors (Lipinski definition) is 1. The number of nitrogens with zero attached hydrogens (tertiary/aromatic N) is 2. The zero-order valence-corrected chi connectivity index (χ0v) is 18.8. The number of aryl methyl sites for hydroxylation is 1. The Hall–Kier alpha value is -2.38. The van der Waals surface area contributed by atoms with Crippen LogP contribution in [-0.4, -0.2) is 44.8 Å². The van der Waals surface area contributed by atoms with Crippen LogP contribution in [0.15, 0.2) is 47.4 Å². The Morgan fingerprint density at radius 1 is 1.07 bits per heavy atom. The number of carbonyl (C=O) groups excluding carboxylic acids is 1. The Balaban J connectivity index is 1.79. The van der Waals surface area contributed by atoms with Gasteiger partial charge in [-0.3, -0.25) is 4.79 Å². The van der Waals surface area contributed by atoms with Gasteiger partial charge in [0.25, 0.3) is 5.91 Å². The molecule has 30 heavy (non-hydrogen) atoms. The number of nitrogens with one attached hydrogen (secondary N) is 1. The van der Waals surface area contributed by atoms with Gasteiger partial charge in [-0.1, -0.05) is 38.1 Å². The van der Waals surface area contributed by atoms with Gasteiger partial charge in [0.05, 0.1) is 4.90 Å². The summed E-state index contributed by atoms with van der Waals surface area (Å²) in [5.74, 6) is -0.276. The Bertz CT molecular complexity index is 995. The molecule has 3 rings (SSSR count). The van der Waals surface area contributed by atoms with Crippen LogP contribution in [0.2, 0.25) is 0 Å². The van der Waals surface area contributed by atoms with E-state index in [1.165, 1.54) is 23.2 Å². The number of hydrogen-bond acceptors (Lipinski definition) is 4. The molecule has 0 atom stereocenters. The van der Waals surface area contributed by atoms with Gasteiger partial charge in [0, 0.05) is 44.0 Å². The van der Waals surface area contributed by atoms with Crippen molar-refractivity contribution in [3.8, 4) is 0 Å². The molecule has 0 aromatic heterocycles. The first-order valence-electron chi connectivity index (χ1n) is 10.6. The topological polar surface area (TPSA) is 69.7 Å². The zero-order valence-electron chi connectivity index (χ0n) is 18.0. The highest BCUT2D eigenvalue weighted by molar-refractivity contribution is 7.89. The van der Waals surface area contributed by atoms with Crippen LogP contribution in [0, 0.1) is 6.92 Å². The lowest BCUT2D eigenvalue weighted by molar-refractivity contribution is 0.0950. The molecule has 1 amide bonds. The highest BCUT2D eigenvalue weighted by atomic mass is 32.2. The summed E-state index contributed by atoms with van der Waals surface area (Å²) >= 11 is 0. The fourth-order valence-electron chi connectivity index (χ4n) is 3.93. The predicted octanol–water partition coefficient (Wildman–Crippen LogP) is 3.56. The van der Waals surface area contributed by atoms with Crippen molar-refractivity contribution in [2.45, 2.75) is 45.1 Å². The van der Waals surface area contributed by atoms with Crippen molar-refractivity contribution in [2.24, 2.45) is 0 Å². The molecule has 7 heteroatoms. The molecule has 0 spiro atoms. The van der Waals surface area contributed by atoms with Crippen molar-refractivity contribution in [2.75, 3.05) is 31.1 Å². The van der Waals surface area contributed by atoms with Crippen molar-refractivity contribution in [3.63, 3.8) is 0 Å². The van der Waals surface area contributed by atoms with E-state index in [0.717, 1.165) is 24.3 Å². The van der Waals surface area contributed by atoms with E-state index in [-0.39, 0.29) is 10.8 Å². The molecule has 0 unspecified atom stereocenters. The van der Waals surface area contributed by atoms with Crippen LogP contribution in [0.1, 0.15) is 48.2 Å². The SMILES string of the molecule is CCN(CC)S(=O)(=O)c1cc(C(=O)NCc2ccccc2N2CCCC2)ccc1C. The van der Waals surface area contributed by atoms with Crippen LogP contribution in [0.3, 0.4) is 0 Å². The van der Waals surface area contributed by atoms with Crippen LogP contribution >= 0.6 is 0 Å². The first kappa shape index (κ1) is 22.3. The number of sulfonamides is 1. The summed E-state index contributed by atoms with van der Waals surface area (Å²) in [6.07, 6.45) is 2.38. The van der Waals surface area contributed by atoms with Gasteiger partial charge in [-0.25, -0.2) is 8.42 Å². The van der Waals surface area contributed by atoms with Crippen molar-refractivity contribution in [1.29, 1.82) is 0 Å². The third kappa shape index (κ3) is 4.68. The minimum atomic E-state index is -3.63. The third-order valence-electron chi connectivity index (χ3n) is 5.65. The number of carbonyl (C=O) groups is 1. The van der Waals surface area contributed by atoms with Gasteiger partial charge in [-0.05, 0) is 49.1 Å². The third-order valence-corrected chi connectivity index (χ3v) is 7.84. The van der Waals surface area contributed by atoms with E-state index in [1.807, 2.05) is 32.0 Å². The van der Waals surface area contributed by atoms with Gasteiger partial charge in [0.1, 0.15) is 0 Å². The molecule has 0 aliphatic carbocycles. The van der Waals surface area contributed by atoms with E-state index in [4.69, 9.17) is 0 Å². The molecule has 162 valence electrons. The molecule has 1 N–H and O–H groups in total. The lowest BCUT2D eigenvalue weighted by Crippen LogP contribution is -2.31. The lowest BCUT2D eigenvalue weighted by Gasteiger charge is -2.22. The van der Waals surface area contributed by atoms with Crippen LogP contribution < -0.4 is 10.2 Å². The van der Waals surface area contributed by atoms with Crippen LogP contribution in [0.5, 0.6) is 0 Å². The van der Waals surface area contributed by atoms with Gasteiger partial charge in [-0.15, -0.1) is 0 Å². The van der Waals surface area contributed by atoms with Gasteiger partial charge < -0.3 is 10.2 Å². The maximum atomic E-state index is 12.9. The number of benzene rings is 2. The molecule has 2 aromatic carbocycles. The normalized spacial score (nSPS) is 14.3. The molecule has 1 aliphatic heterocycles. The highest BCUT2D eigenvalue weighted by Crippen LogP contribution is 2.25. The van der Waals surface area contributed by atoms with E-state index >= 15 is 0 Å². The molecule has 0 radical (unpaired) electrons. The van der Waals surface area contributed by atoms with Crippen LogP contribution in [-0.2, 0) is 16.6 Å². The predicted molar refractivity (Wildman–Crippen MR) is 120 cm³/mol. The second-order valence-corrected chi connectivity index (χ2v) is 9.48. The monoisotopic (exact) mass is 429 g/mol. The summed E-state index contributed by atoms with van der Waals surface area (Å²) in [7, 11) is -3.63. The molecule has 1 aliphatic rings. The molecular weight excluding hydrogens is 398 g/mol. The Morgan fingerprint density at radius 2 is 1.73 bits per heavy atom. The fourth-order valence-corrected chi connectivity index (χ4v) is 5.64. The lowest BCUT2D eigenvalue weighted by atomic mass is 10.1. The second-order valence-electron chi connectivity index (χ2n) is 7.58. The molecule has 2 aromatic rings. The summed E-state index contributed by atoms with van der Waals surface area (Å²) in [6.45, 7) is 8.63. The Kier molecular flexibility index (Phi) is 7.15. The average molecular weight is 430 g/mol. The van der Waals surface area contributed by atoms with E-state index in [2.05, 4.69) is 16.3 Å². The summed E-state index contributed by atoms with van der Waals surface area (Å²) in [5, 5.41) is 2.96. The smallest absolute Gasteiger partial charge is 0.251 e. The molecule has 1 saturated heterocycles. The van der Waals surface area contributed by atoms with Crippen molar-refractivity contribution >= 4 is 21.6 Å². The number of rotatable bonds is 8. The molecule has 1 heterocycles. The van der Waals surface area contributed by atoms with Crippen LogP contribution in [0.25, 0.3) is 0 Å². The molecule has 0 bridgehead atoms. The number of para-hydroxylation sites is 1. The average Bonchev–Trinajstić information content (AvgIpc) is 3.28.